The van der Waals surface area contributed by atoms with Gasteiger partial charge in [-0.3, -0.25) is 4.79 Å². The number of amides is 1. The number of aliphatic carboxylic acids is 1. The van der Waals surface area contributed by atoms with Crippen LogP contribution < -0.4 is 5.32 Å². The zero-order valence-electron chi connectivity index (χ0n) is 8.18. The highest BCUT2D eigenvalue weighted by atomic mass is 35.5. The molecule has 1 rings (SSSR count). The number of carbonyl (C=O) groups excluding carboxylic acids is 1. The molecule has 0 fully saturated rings. The van der Waals surface area contributed by atoms with Crippen molar-refractivity contribution in [2.24, 2.45) is 0 Å². The Morgan fingerprint density at radius 3 is 2.38 bits per heavy atom. The normalized spacial score (nSPS) is 11.9. The monoisotopic (exact) mass is 243 g/mol. The van der Waals surface area contributed by atoms with Crippen LogP contribution in [0.4, 0.5) is 0 Å². The van der Waals surface area contributed by atoms with Gasteiger partial charge in [0.1, 0.15) is 0 Å². The number of carboxylic acid groups (broad SMARTS) is 1. The number of benzene rings is 1. The molecule has 0 bridgehead atoms. The molecule has 0 radical (unpaired) electrons. The molecule has 3 N–H and O–H groups in total. The number of aliphatic hydroxyl groups is 1. The first kappa shape index (κ1) is 12.5. The van der Waals surface area contributed by atoms with Gasteiger partial charge in [-0.05, 0) is 24.3 Å². The lowest BCUT2D eigenvalue weighted by Crippen LogP contribution is -2.36. The maximum absolute atomic E-state index is 11.4. The van der Waals surface area contributed by atoms with Crippen LogP contribution >= 0.6 is 11.6 Å². The number of hydrogen-bond acceptors (Lipinski definition) is 3. The summed E-state index contributed by atoms with van der Waals surface area (Å²) in [6, 6.07) is 6.10. The van der Waals surface area contributed by atoms with E-state index in [4.69, 9.17) is 21.8 Å². The first-order chi connectivity index (χ1) is 7.50. The van der Waals surface area contributed by atoms with Gasteiger partial charge in [0.05, 0.1) is 6.54 Å². The van der Waals surface area contributed by atoms with Crippen molar-refractivity contribution < 1.29 is 19.8 Å². The molecule has 1 unspecified atom stereocenters. The highest BCUT2D eigenvalue weighted by molar-refractivity contribution is 6.30. The van der Waals surface area contributed by atoms with Crippen LogP contribution in [0.2, 0.25) is 5.02 Å². The van der Waals surface area contributed by atoms with Crippen molar-refractivity contribution in [3.63, 3.8) is 0 Å². The fourth-order valence-electron chi connectivity index (χ4n) is 0.980. The first-order valence-corrected chi connectivity index (χ1v) is 4.83. The number of rotatable bonds is 4. The van der Waals surface area contributed by atoms with Crippen molar-refractivity contribution >= 4 is 23.5 Å². The van der Waals surface area contributed by atoms with Crippen LogP contribution in [0.25, 0.3) is 0 Å². The highest BCUT2D eigenvalue weighted by Crippen LogP contribution is 2.09. The third kappa shape index (κ3) is 3.52. The summed E-state index contributed by atoms with van der Waals surface area (Å²) in [6.45, 7) is -0.337. The second-order valence-corrected chi connectivity index (χ2v) is 3.51. The molecule has 0 aliphatic rings. The summed E-state index contributed by atoms with van der Waals surface area (Å²) in [4.78, 5) is 21.7. The molecule has 0 heterocycles. The predicted molar refractivity (Wildman–Crippen MR) is 57.4 cm³/mol. The Balaban J connectivity index is 2.53. The lowest BCUT2D eigenvalue weighted by atomic mass is 10.2. The number of halogens is 1. The topological polar surface area (TPSA) is 86.6 Å². The van der Waals surface area contributed by atoms with E-state index in [-0.39, 0.29) is 6.54 Å². The van der Waals surface area contributed by atoms with E-state index in [0.717, 1.165) is 0 Å². The van der Waals surface area contributed by atoms with Crippen molar-refractivity contribution in [3.8, 4) is 0 Å². The van der Waals surface area contributed by atoms with Crippen molar-refractivity contribution in [3.05, 3.63) is 34.9 Å². The first-order valence-electron chi connectivity index (χ1n) is 4.45. The minimum atomic E-state index is -1.60. The summed E-state index contributed by atoms with van der Waals surface area (Å²) in [7, 11) is 0. The molecule has 1 amide bonds. The number of carbonyl (C=O) groups is 2. The molecule has 0 saturated heterocycles. The largest absolute Gasteiger partial charge is 0.479 e. The zero-order valence-corrected chi connectivity index (χ0v) is 8.94. The number of nitrogens with one attached hydrogen (secondary N) is 1. The number of aliphatic hydroxyl groups excluding tert-OH is 1. The molecule has 0 spiro atoms. The summed E-state index contributed by atoms with van der Waals surface area (Å²) in [5.74, 6) is -1.84. The number of hydrogen-bond donors (Lipinski definition) is 3. The summed E-state index contributed by atoms with van der Waals surface area (Å²) >= 11 is 5.64. The fourth-order valence-corrected chi connectivity index (χ4v) is 1.11. The fraction of sp³-hybridized carbons (Fsp3) is 0.200. The molecule has 0 saturated carbocycles. The van der Waals surface area contributed by atoms with Crippen molar-refractivity contribution in [2.45, 2.75) is 6.10 Å². The van der Waals surface area contributed by atoms with Gasteiger partial charge in [-0.1, -0.05) is 11.6 Å². The summed E-state index contributed by atoms with van der Waals surface area (Å²) < 4.78 is 0. The van der Waals surface area contributed by atoms with E-state index in [1.165, 1.54) is 12.1 Å². The van der Waals surface area contributed by atoms with Gasteiger partial charge in [-0.25, -0.2) is 4.79 Å². The maximum Gasteiger partial charge on any atom is 0.334 e. The van der Waals surface area contributed by atoms with Gasteiger partial charge in [-0.2, -0.15) is 0 Å². The molecule has 1 atom stereocenters. The molecule has 5 nitrogen and oxygen atoms in total. The van der Waals surface area contributed by atoms with Crippen molar-refractivity contribution in [1.82, 2.24) is 5.32 Å². The van der Waals surface area contributed by atoms with E-state index in [2.05, 4.69) is 5.32 Å². The summed E-state index contributed by atoms with van der Waals surface area (Å²) in [5.41, 5.74) is 0.349. The molecule has 6 heteroatoms. The van der Waals surface area contributed by atoms with Crippen molar-refractivity contribution in [2.75, 3.05) is 6.54 Å². The SMILES string of the molecule is O=C(NCC(O)C(=O)O)c1ccc(Cl)cc1. The quantitative estimate of drug-likeness (QED) is 0.719. The number of carboxylic acids is 1. The van der Waals surface area contributed by atoms with Crippen molar-refractivity contribution in [1.29, 1.82) is 0 Å². The Morgan fingerprint density at radius 2 is 1.88 bits per heavy atom. The van der Waals surface area contributed by atoms with Gasteiger partial charge < -0.3 is 15.5 Å². The van der Waals surface area contributed by atoms with Gasteiger partial charge >= 0.3 is 5.97 Å². The standard InChI is InChI=1S/C10H10ClNO4/c11-7-3-1-6(2-4-7)9(14)12-5-8(13)10(15)16/h1-4,8,13H,5H2,(H,12,14)(H,15,16). The Hall–Kier alpha value is -1.59. The highest BCUT2D eigenvalue weighted by Gasteiger charge is 2.14. The third-order valence-electron chi connectivity index (χ3n) is 1.85. The molecular weight excluding hydrogens is 234 g/mol. The Labute approximate surface area is 96.7 Å². The molecule has 1 aromatic rings. The lowest BCUT2D eigenvalue weighted by Gasteiger charge is -2.07. The average Bonchev–Trinajstić information content (AvgIpc) is 2.26. The van der Waals surface area contributed by atoms with Crippen LogP contribution in [0.1, 0.15) is 10.4 Å². The zero-order chi connectivity index (χ0) is 12.1. The minimum absolute atomic E-state index is 0.337. The van der Waals surface area contributed by atoms with Gasteiger partial charge in [0.25, 0.3) is 5.91 Å². The van der Waals surface area contributed by atoms with E-state index in [0.29, 0.717) is 10.6 Å². The molecule has 0 aliphatic heterocycles. The molecule has 16 heavy (non-hydrogen) atoms. The van der Waals surface area contributed by atoms with Crippen LogP contribution in [0.5, 0.6) is 0 Å². The smallest absolute Gasteiger partial charge is 0.334 e. The predicted octanol–water partition coefficient (Wildman–Crippen LogP) is 0.515. The summed E-state index contributed by atoms with van der Waals surface area (Å²) in [5, 5.41) is 20.1. The van der Waals surface area contributed by atoms with Crippen LogP contribution in [0.3, 0.4) is 0 Å². The van der Waals surface area contributed by atoms with Gasteiger partial charge in [-0.15, -0.1) is 0 Å². The van der Waals surface area contributed by atoms with E-state index in [9.17, 15) is 9.59 Å². The molecule has 0 aromatic heterocycles. The van der Waals surface area contributed by atoms with E-state index in [1.54, 1.807) is 12.1 Å². The Morgan fingerprint density at radius 1 is 1.31 bits per heavy atom. The molecular formula is C10H10ClNO4. The van der Waals surface area contributed by atoms with Gasteiger partial charge in [0.2, 0.25) is 0 Å². The minimum Gasteiger partial charge on any atom is -0.479 e. The van der Waals surface area contributed by atoms with Gasteiger partial charge in [0, 0.05) is 10.6 Å². The maximum atomic E-state index is 11.4. The second-order valence-electron chi connectivity index (χ2n) is 3.07. The molecule has 1 aromatic carbocycles. The van der Waals surface area contributed by atoms with E-state index in [1.807, 2.05) is 0 Å². The lowest BCUT2D eigenvalue weighted by molar-refractivity contribution is -0.146. The summed E-state index contributed by atoms with van der Waals surface area (Å²) in [6.07, 6.45) is -1.60. The van der Waals surface area contributed by atoms with Crippen LogP contribution in [0.15, 0.2) is 24.3 Å². The Kier molecular flexibility index (Phi) is 4.28. The molecule has 0 aliphatic carbocycles. The van der Waals surface area contributed by atoms with Crippen LogP contribution in [-0.2, 0) is 4.79 Å². The molecule has 86 valence electrons. The third-order valence-corrected chi connectivity index (χ3v) is 2.10. The van der Waals surface area contributed by atoms with E-state index >= 15 is 0 Å². The van der Waals surface area contributed by atoms with Gasteiger partial charge in [0.15, 0.2) is 6.10 Å². The van der Waals surface area contributed by atoms with E-state index < -0.39 is 18.0 Å². The second kappa shape index (κ2) is 5.48. The van der Waals surface area contributed by atoms with Crippen LogP contribution in [0, 0.1) is 0 Å². The average molecular weight is 244 g/mol. The van der Waals surface area contributed by atoms with Crippen LogP contribution in [-0.4, -0.2) is 34.7 Å². The Bertz CT molecular complexity index is 390.